The van der Waals surface area contributed by atoms with E-state index in [1.54, 1.807) is 12.1 Å². The Labute approximate surface area is 143 Å². The number of carbonyl (C=O) groups is 2. The molecule has 0 unspecified atom stereocenters. The standard InChI is InChI=1S/C17H24N2O3.ClH/c1-12-3-5-14(17(21)22-2)11-15(12)19-16(20)6-4-13-7-9-18-10-8-13;/h3,5,11,13,18H,4,6-10H2,1-2H3,(H,19,20);1H. The summed E-state index contributed by atoms with van der Waals surface area (Å²) in [5.41, 5.74) is 2.06. The summed E-state index contributed by atoms with van der Waals surface area (Å²) < 4.78 is 4.71. The van der Waals surface area contributed by atoms with Crippen LogP contribution in [0.1, 0.15) is 41.6 Å². The van der Waals surface area contributed by atoms with E-state index in [0.717, 1.165) is 37.9 Å². The smallest absolute Gasteiger partial charge is 0.337 e. The van der Waals surface area contributed by atoms with Crippen LogP contribution in [0.3, 0.4) is 0 Å². The molecule has 1 aliphatic rings. The van der Waals surface area contributed by atoms with Gasteiger partial charge in [-0.05, 0) is 62.9 Å². The van der Waals surface area contributed by atoms with Crippen LogP contribution in [0, 0.1) is 12.8 Å². The molecule has 1 aliphatic heterocycles. The lowest BCUT2D eigenvalue weighted by Gasteiger charge is -2.22. The monoisotopic (exact) mass is 340 g/mol. The molecule has 5 nitrogen and oxygen atoms in total. The number of hydrogen-bond acceptors (Lipinski definition) is 4. The van der Waals surface area contributed by atoms with Crippen molar-refractivity contribution in [2.75, 3.05) is 25.5 Å². The van der Waals surface area contributed by atoms with Crippen LogP contribution >= 0.6 is 12.4 Å². The molecule has 1 heterocycles. The summed E-state index contributed by atoms with van der Waals surface area (Å²) in [5.74, 6) is 0.239. The molecule has 0 spiro atoms. The summed E-state index contributed by atoms with van der Waals surface area (Å²) >= 11 is 0. The first-order valence-electron chi connectivity index (χ1n) is 7.79. The van der Waals surface area contributed by atoms with Crippen LogP contribution in [0.2, 0.25) is 0 Å². The van der Waals surface area contributed by atoms with Gasteiger partial charge in [-0.1, -0.05) is 6.07 Å². The van der Waals surface area contributed by atoms with Gasteiger partial charge in [-0.25, -0.2) is 4.79 Å². The van der Waals surface area contributed by atoms with Gasteiger partial charge in [-0.15, -0.1) is 12.4 Å². The molecule has 1 amide bonds. The van der Waals surface area contributed by atoms with E-state index in [1.807, 2.05) is 13.0 Å². The second-order valence-corrected chi connectivity index (χ2v) is 5.80. The van der Waals surface area contributed by atoms with E-state index in [4.69, 9.17) is 4.74 Å². The Morgan fingerprint density at radius 3 is 2.65 bits per heavy atom. The number of halogens is 1. The van der Waals surface area contributed by atoms with Gasteiger partial charge in [0.2, 0.25) is 5.91 Å². The molecule has 128 valence electrons. The quantitative estimate of drug-likeness (QED) is 0.809. The molecule has 0 bridgehead atoms. The van der Waals surface area contributed by atoms with Crippen molar-refractivity contribution in [1.29, 1.82) is 0 Å². The van der Waals surface area contributed by atoms with Gasteiger partial charge in [-0.2, -0.15) is 0 Å². The van der Waals surface area contributed by atoms with Crippen LogP contribution in [0.15, 0.2) is 18.2 Å². The fourth-order valence-corrected chi connectivity index (χ4v) is 2.72. The highest BCUT2D eigenvalue weighted by molar-refractivity contribution is 5.95. The second kappa shape index (κ2) is 9.53. The van der Waals surface area contributed by atoms with E-state index in [9.17, 15) is 9.59 Å². The first kappa shape index (κ1) is 19.5. The number of hydrogen-bond donors (Lipinski definition) is 2. The van der Waals surface area contributed by atoms with E-state index in [2.05, 4.69) is 10.6 Å². The van der Waals surface area contributed by atoms with Crippen molar-refractivity contribution in [2.24, 2.45) is 5.92 Å². The van der Waals surface area contributed by atoms with Crippen LogP contribution in [0.25, 0.3) is 0 Å². The van der Waals surface area contributed by atoms with E-state index in [-0.39, 0.29) is 18.3 Å². The topological polar surface area (TPSA) is 67.4 Å². The van der Waals surface area contributed by atoms with Gasteiger partial charge in [-0.3, -0.25) is 4.79 Å². The molecular formula is C17H25ClN2O3. The molecule has 23 heavy (non-hydrogen) atoms. The van der Waals surface area contributed by atoms with Gasteiger partial charge < -0.3 is 15.4 Å². The molecule has 6 heteroatoms. The van der Waals surface area contributed by atoms with Crippen LogP contribution in [0.4, 0.5) is 5.69 Å². The Kier molecular flexibility index (Phi) is 8.06. The molecule has 2 N–H and O–H groups in total. The van der Waals surface area contributed by atoms with Crippen LogP contribution in [-0.4, -0.2) is 32.1 Å². The molecule has 0 aliphatic carbocycles. The zero-order chi connectivity index (χ0) is 15.9. The summed E-state index contributed by atoms with van der Waals surface area (Å²) in [6, 6.07) is 5.18. The molecule has 0 aromatic heterocycles. The lowest BCUT2D eigenvalue weighted by Crippen LogP contribution is -2.28. The number of benzene rings is 1. The van der Waals surface area contributed by atoms with Crippen LogP contribution < -0.4 is 10.6 Å². The number of carbonyl (C=O) groups excluding carboxylic acids is 2. The van der Waals surface area contributed by atoms with Crippen molar-refractivity contribution in [2.45, 2.75) is 32.6 Å². The van der Waals surface area contributed by atoms with E-state index in [0.29, 0.717) is 23.6 Å². The number of anilines is 1. The fraction of sp³-hybridized carbons (Fsp3) is 0.529. The van der Waals surface area contributed by atoms with Gasteiger partial charge in [0.1, 0.15) is 0 Å². The Morgan fingerprint density at radius 1 is 1.30 bits per heavy atom. The molecular weight excluding hydrogens is 316 g/mol. The molecule has 0 atom stereocenters. The van der Waals surface area contributed by atoms with Gasteiger partial charge in [0.15, 0.2) is 0 Å². The minimum absolute atomic E-state index is 0. The largest absolute Gasteiger partial charge is 0.465 e. The number of methoxy groups -OCH3 is 1. The van der Waals surface area contributed by atoms with Gasteiger partial charge in [0, 0.05) is 12.1 Å². The third-order valence-corrected chi connectivity index (χ3v) is 4.17. The molecule has 1 fully saturated rings. The lowest BCUT2D eigenvalue weighted by molar-refractivity contribution is -0.116. The summed E-state index contributed by atoms with van der Waals surface area (Å²) in [5, 5.41) is 6.23. The normalized spacial score (nSPS) is 14.7. The number of amides is 1. The van der Waals surface area contributed by atoms with E-state index >= 15 is 0 Å². The number of piperidine rings is 1. The minimum atomic E-state index is -0.398. The van der Waals surface area contributed by atoms with Crippen LogP contribution in [0.5, 0.6) is 0 Å². The number of rotatable bonds is 5. The Morgan fingerprint density at radius 2 is 2.00 bits per heavy atom. The zero-order valence-electron chi connectivity index (χ0n) is 13.7. The number of nitrogens with one attached hydrogen (secondary N) is 2. The second-order valence-electron chi connectivity index (χ2n) is 5.80. The number of aryl methyl sites for hydroxylation is 1. The van der Waals surface area contributed by atoms with Crippen molar-refractivity contribution >= 4 is 30.0 Å². The van der Waals surface area contributed by atoms with Gasteiger partial charge in [0.25, 0.3) is 0 Å². The summed E-state index contributed by atoms with van der Waals surface area (Å²) in [6.45, 7) is 4.00. The van der Waals surface area contributed by atoms with Crippen molar-refractivity contribution in [1.82, 2.24) is 5.32 Å². The summed E-state index contributed by atoms with van der Waals surface area (Å²) in [7, 11) is 1.35. The average Bonchev–Trinajstić information content (AvgIpc) is 2.55. The number of esters is 1. The molecule has 0 saturated carbocycles. The minimum Gasteiger partial charge on any atom is -0.465 e. The predicted molar refractivity (Wildman–Crippen MR) is 93.2 cm³/mol. The van der Waals surface area contributed by atoms with Gasteiger partial charge >= 0.3 is 5.97 Å². The van der Waals surface area contributed by atoms with Crippen molar-refractivity contribution in [3.8, 4) is 0 Å². The maximum absolute atomic E-state index is 12.1. The average molecular weight is 341 g/mol. The Hall–Kier alpha value is -1.59. The molecule has 1 aromatic carbocycles. The van der Waals surface area contributed by atoms with E-state index in [1.165, 1.54) is 7.11 Å². The highest BCUT2D eigenvalue weighted by atomic mass is 35.5. The first-order chi connectivity index (χ1) is 10.6. The SMILES string of the molecule is COC(=O)c1ccc(C)c(NC(=O)CCC2CCNCC2)c1.Cl. The third kappa shape index (κ3) is 5.84. The van der Waals surface area contributed by atoms with Crippen molar-refractivity contribution < 1.29 is 14.3 Å². The third-order valence-electron chi connectivity index (χ3n) is 4.17. The Balaban J connectivity index is 0.00000264. The van der Waals surface area contributed by atoms with E-state index < -0.39 is 5.97 Å². The van der Waals surface area contributed by atoms with Gasteiger partial charge in [0.05, 0.1) is 12.7 Å². The van der Waals surface area contributed by atoms with Crippen molar-refractivity contribution in [3.63, 3.8) is 0 Å². The molecule has 1 aromatic rings. The zero-order valence-corrected chi connectivity index (χ0v) is 14.5. The number of ether oxygens (including phenoxy) is 1. The molecule has 1 saturated heterocycles. The maximum Gasteiger partial charge on any atom is 0.337 e. The molecule has 2 rings (SSSR count). The predicted octanol–water partition coefficient (Wildman–Crippen LogP) is 2.92. The fourth-order valence-electron chi connectivity index (χ4n) is 2.72. The lowest BCUT2D eigenvalue weighted by atomic mass is 9.93. The Bertz CT molecular complexity index is 543. The summed E-state index contributed by atoms with van der Waals surface area (Å²) in [4.78, 5) is 23.7. The molecule has 0 radical (unpaired) electrons. The summed E-state index contributed by atoms with van der Waals surface area (Å²) in [6.07, 6.45) is 3.73. The first-order valence-corrected chi connectivity index (χ1v) is 7.79. The van der Waals surface area contributed by atoms with Crippen molar-refractivity contribution in [3.05, 3.63) is 29.3 Å². The maximum atomic E-state index is 12.1. The highest BCUT2D eigenvalue weighted by Crippen LogP contribution is 2.20. The van der Waals surface area contributed by atoms with Crippen LogP contribution in [-0.2, 0) is 9.53 Å². The highest BCUT2D eigenvalue weighted by Gasteiger charge is 2.15.